The van der Waals surface area contributed by atoms with Crippen LogP contribution in [-0.4, -0.2) is 43.0 Å². The van der Waals surface area contributed by atoms with Gasteiger partial charge in [-0.05, 0) is 29.9 Å². The molecule has 2 aliphatic heterocycles. The number of para-hydroxylation sites is 1. The van der Waals surface area contributed by atoms with Gasteiger partial charge in [0.2, 0.25) is 5.91 Å². The lowest BCUT2D eigenvalue weighted by atomic mass is 9.79. The summed E-state index contributed by atoms with van der Waals surface area (Å²) in [7, 11) is 0. The molecule has 1 fully saturated rings. The molecular formula is C17H27Cl2N3O. The second-order valence-electron chi connectivity index (χ2n) is 7.00. The van der Waals surface area contributed by atoms with Gasteiger partial charge in [0.25, 0.3) is 0 Å². The maximum absolute atomic E-state index is 12.6. The minimum Gasteiger partial charge on any atom is -0.362 e. The molecule has 1 unspecified atom stereocenters. The SMILES string of the molecule is CC1(C)CN(C(=O)CN2CCc3ccccc32)CCC1N.Cl.Cl. The summed E-state index contributed by atoms with van der Waals surface area (Å²) in [6.07, 6.45) is 1.94. The molecule has 4 nitrogen and oxygen atoms in total. The Labute approximate surface area is 151 Å². The van der Waals surface area contributed by atoms with E-state index in [1.165, 1.54) is 11.3 Å². The Morgan fingerprint density at radius 3 is 2.65 bits per heavy atom. The summed E-state index contributed by atoms with van der Waals surface area (Å²) in [5, 5.41) is 0. The number of nitrogens with two attached hydrogens (primary N) is 1. The van der Waals surface area contributed by atoms with Crippen LogP contribution in [0.25, 0.3) is 0 Å². The molecule has 2 aliphatic rings. The molecule has 0 aliphatic carbocycles. The van der Waals surface area contributed by atoms with Gasteiger partial charge in [0.15, 0.2) is 0 Å². The molecular weight excluding hydrogens is 333 g/mol. The Balaban J connectivity index is 0.00000132. The number of amides is 1. The average Bonchev–Trinajstić information content (AvgIpc) is 2.85. The van der Waals surface area contributed by atoms with E-state index in [1.807, 2.05) is 11.0 Å². The van der Waals surface area contributed by atoms with Crippen molar-refractivity contribution >= 4 is 36.4 Å². The molecule has 2 heterocycles. The van der Waals surface area contributed by atoms with E-state index in [0.717, 1.165) is 32.5 Å². The average molecular weight is 360 g/mol. The van der Waals surface area contributed by atoms with Crippen molar-refractivity contribution in [3.05, 3.63) is 29.8 Å². The fourth-order valence-corrected chi connectivity index (χ4v) is 3.42. The Morgan fingerprint density at radius 1 is 1.26 bits per heavy atom. The first kappa shape index (κ1) is 20.1. The molecule has 2 N–H and O–H groups in total. The molecule has 1 saturated heterocycles. The van der Waals surface area contributed by atoms with Crippen molar-refractivity contribution < 1.29 is 4.79 Å². The molecule has 1 aromatic carbocycles. The molecule has 1 aromatic rings. The Morgan fingerprint density at radius 2 is 1.96 bits per heavy atom. The fraction of sp³-hybridized carbons (Fsp3) is 0.588. The van der Waals surface area contributed by atoms with Crippen molar-refractivity contribution in [2.75, 3.05) is 31.1 Å². The number of rotatable bonds is 2. The predicted molar refractivity (Wildman–Crippen MR) is 99.8 cm³/mol. The van der Waals surface area contributed by atoms with Gasteiger partial charge in [-0.25, -0.2) is 0 Å². The highest BCUT2D eigenvalue weighted by Crippen LogP contribution is 2.29. The number of carbonyl (C=O) groups is 1. The van der Waals surface area contributed by atoms with Crippen LogP contribution in [0.5, 0.6) is 0 Å². The lowest BCUT2D eigenvalue weighted by Gasteiger charge is -2.43. The number of hydrogen-bond donors (Lipinski definition) is 1. The summed E-state index contributed by atoms with van der Waals surface area (Å²) < 4.78 is 0. The van der Waals surface area contributed by atoms with Crippen molar-refractivity contribution in [3.63, 3.8) is 0 Å². The zero-order valence-electron chi connectivity index (χ0n) is 13.8. The first-order valence-corrected chi connectivity index (χ1v) is 7.83. The monoisotopic (exact) mass is 359 g/mol. The number of likely N-dealkylation sites (tertiary alicyclic amines) is 1. The largest absolute Gasteiger partial charge is 0.362 e. The van der Waals surface area contributed by atoms with Crippen molar-refractivity contribution in [2.45, 2.75) is 32.7 Å². The van der Waals surface area contributed by atoms with Crippen LogP contribution in [0.2, 0.25) is 0 Å². The molecule has 1 atom stereocenters. The topological polar surface area (TPSA) is 49.6 Å². The minimum absolute atomic E-state index is 0. The van der Waals surface area contributed by atoms with Crippen molar-refractivity contribution in [3.8, 4) is 0 Å². The maximum atomic E-state index is 12.6. The molecule has 3 rings (SSSR count). The van der Waals surface area contributed by atoms with E-state index in [2.05, 4.69) is 36.9 Å². The summed E-state index contributed by atoms with van der Waals surface area (Å²) in [6, 6.07) is 8.58. The Kier molecular flexibility index (Phi) is 6.75. The van der Waals surface area contributed by atoms with E-state index in [4.69, 9.17) is 5.73 Å². The summed E-state index contributed by atoms with van der Waals surface area (Å²) in [6.45, 7) is 7.30. The number of hydrogen-bond acceptors (Lipinski definition) is 3. The Hall–Kier alpha value is -0.970. The van der Waals surface area contributed by atoms with Crippen molar-refractivity contribution in [2.24, 2.45) is 11.1 Å². The second-order valence-corrected chi connectivity index (χ2v) is 7.00. The number of carbonyl (C=O) groups excluding carboxylic acids is 1. The molecule has 6 heteroatoms. The van der Waals surface area contributed by atoms with Gasteiger partial charge in [-0.3, -0.25) is 4.79 Å². The van der Waals surface area contributed by atoms with Crippen LogP contribution in [0, 0.1) is 5.41 Å². The number of fused-ring (bicyclic) bond motifs is 1. The van der Waals surface area contributed by atoms with Gasteiger partial charge < -0.3 is 15.5 Å². The van der Waals surface area contributed by atoms with E-state index < -0.39 is 0 Å². The fourth-order valence-electron chi connectivity index (χ4n) is 3.42. The third kappa shape index (κ3) is 4.11. The summed E-state index contributed by atoms with van der Waals surface area (Å²) in [4.78, 5) is 16.8. The normalized spacial score (nSPS) is 22.0. The van der Waals surface area contributed by atoms with Gasteiger partial charge in [0.1, 0.15) is 0 Å². The van der Waals surface area contributed by atoms with Crippen LogP contribution in [0.3, 0.4) is 0 Å². The van der Waals surface area contributed by atoms with Crippen LogP contribution in [0.1, 0.15) is 25.8 Å². The Bertz CT molecular complexity index is 550. The highest BCUT2D eigenvalue weighted by molar-refractivity contribution is 5.85. The third-order valence-electron chi connectivity index (χ3n) is 4.97. The van der Waals surface area contributed by atoms with Gasteiger partial charge in [0.05, 0.1) is 6.54 Å². The zero-order valence-corrected chi connectivity index (χ0v) is 15.5. The third-order valence-corrected chi connectivity index (χ3v) is 4.97. The summed E-state index contributed by atoms with van der Waals surface area (Å²) in [5.41, 5.74) is 8.74. The number of benzene rings is 1. The summed E-state index contributed by atoms with van der Waals surface area (Å²) >= 11 is 0. The summed E-state index contributed by atoms with van der Waals surface area (Å²) in [5.74, 6) is 0.228. The standard InChI is InChI=1S/C17H25N3O.2ClH/c1-17(2)12-20(10-8-15(17)18)16(21)11-19-9-7-13-5-3-4-6-14(13)19;;/h3-6,15H,7-12,18H2,1-2H3;2*1H. The van der Waals surface area contributed by atoms with Crippen LogP contribution in [0.4, 0.5) is 5.69 Å². The van der Waals surface area contributed by atoms with E-state index in [-0.39, 0.29) is 42.2 Å². The first-order valence-electron chi connectivity index (χ1n) is 7.83. The van der Waals surface area contributed by atoms with Crippen molar-refractivity contribution in [1.29, 1.82) is 0 Å². The number of anilines is 1. The smallest absolute Gasteiger partial charge is 0.242 e. The number of piperidine rings is 1. The van der Waals surface area contributed by atoms with E-state index in [9.17, 15) is 4.79 Å². The second kappa shape index (κ2) is 7.73. The lowest BCUT2D eigenvalue weighted by Crippen LogP contribution is -2.55. The van der Waals surface area contributed by atoms with E-state index in [1.54, 1.807) is 0 Å². The van der Waals surface area contributed by atoms with Crippen LogP contribution in [-0.2, 0) is 11.2 Å². The zero-order chi connectivity index (χ0) is 15.0. The molecule has 0 aromatic heterocycles. The highest BCUT2D eigenvalue weighted by Gasteiger charge is 2.35. The molecule has 0 bridgehead atoms. The van der Waals surface area contributed by atoms with Gasteiger partial charge in [-0.15, -0.1) is 24.8 Å². The molecule has 1 amide bonds. The highest BCUT2D eigenvalue weighted by atomic mass is 35.5. The van der Waals surface area contributed by atoms with Crippen LogP contribution >= 0.6 is 24.8 Å². The van der Waals surface area contributed by atoms with E-state index >= 15 is 0 Å². The van der Waals surface area contributed by atoms with E-state index in [0.29, 0.717) is 6.54 Å². The van der Waals surface area contributed by atoms with Crippen LogP contribution < -0.4 is 10.6 Å². The van der Waals surface area contributed by atoms with Gasteiger partial charge >= 0.3 is 0 Å². The lowest BCUT2D eigenvalue weighted by molar-refractivity contribution is -0.133. The molecule has 23 heavy (non-hydrogen) atoms. The van der Waals surface area contributed by atoms with Crippen LogP contribution in [0.15, 0.2) is 24.3 Å². The quantitative estimate of drug-likeness (QED) is 0.882. The van der Waals surface area contributed by atoms with Gasteiger partial charge in [0, 0.05) is 31.4 Å². The van der Waals surface area contributed by atoms with Crippen molar-refractivity contribution in [1.82, 2.24) is 4.90 Å². The van der Waals surface area contributed by atoms with Gasteiger partial charge in [-0.2, -0.15) is 0 Å². The van der Waals surface area contributed by atoms with Gasteiger partial charge in [-0.1, -0.05) is 32.0 Å². The number of halogens is 2. The first-order chi connectivity index (χ1) is 9.97. The predicted octanol–water partition coefficient (Wildman–Crippen LogP) is 2.48. The maximum Gasteiger partial charge on any atom is 0.242 e. The molecule has 0 radical (unpaired) electrons. The molecule has 0 spiro atoms. The minimum atomic E-state index is 0. The number of nitrogens with zero attached hydrogens (tertiary/aromatic N) is 2. The molecule has 0 saturated carbocycles. The molecule has 130 valence electrons.